The van der Waals surface area contributed by atoms with Crippen LogP contribution in [0.4, 0.5) is 0 Å². The highest BCUT2D eigenvalue weighted by molar-refractivity contribution is 7.87. The summed E-state index contributed by atoms with van der Waals surface area (Å²) in [5.74, 6) is 0. The van der Waals surface area contributed by atoms with Crippen molar-refractivity contribution in [2.45, 2.75) is 13.5 Å². The molecule has 7 heteroatoms. The van der Waals surface area contributed by atoms with E-state index in [1.807, 2.05) is 37.3 Å². The molecule has 1 aromatic carbocycles. The molecule has 0 aromatic heterocycles. The van der Waals surface area contributed by atoms with E-state index in [9.17, 15) is 8.42 Å². The Morgan fingerprint density at radius 2 is 1.86 bits per heavy atom. The average molecular weight is 315 g/mol. The lowest BCUT2D eigenvalue weighted by atomic mass is 10.2. The molecule has 6 nitrogen and oxygen atoms in total. The maximum atomic E-state index is 12.2. The molecule has 0 heterocycles. The minimum atomic E-state index is -3.45. The van der Waals surface area contributed by atoms with Crippen LogP contribution in [0.3, 0.4) is 0 Å². The molecule has 1 aromatic rings. The van der Waals surface area contributed by atoms with Crippen LogP contribution in [0.2, 0.25) is 0 Å². The van der Waals surface area contributed by atoms with E-state index in [-0.39, 0.29) is 0 Å². The molecule has 0 atom stereocenters. The Kier molecular flexibility index (Phi) is 8.48. The standard InChI is InChI=1S/C14H25N3O3S/c1-3-17(13-14-7-5-4-6-8-14)21(18,19)16-10-9-15-11-12-20-2/h4-8,15-16H,3,9-13H2,1-2H3. The second kappa shape index (κ2) is 9.86. The van der Waals surface area contributed by atoms with E-state index in [0.717, 1.165) is 5.56 Å². The summed E-state index contributed by atoms with van der Waals surface area (Å²) < 4.78 is 33.4. The molecule has 0 saturated heterocycles. The van der Waals surface area contributed by atoms with Crippen molar-refractivity contribution in [2.75, 3.05) is 39.9 Å². The normalized spacial score (nSPS) is 12.0. The van der Waals surface area contributed by atoms with E-state index < -0.39 is 10.2 Å². The van der Waals surface area contributed by atoms with Gasteiger partial charge in [-0.2, -0.15) is 12.7 Å². The summed E-state index contributed by atoms with van der Waals surface area (Å²) in [5, 5.41) is 3.10. The van der Waals surface area contributed by atoms with Crippen LogP contribution in [0.15, 0.2) is 30.3 Å². The first-order chi connectivity index (χ1) is 10.1. The summed E-state index contributed by atoms with van der Waals surface area (Å²) in [6, 6.07) is 9.57. The number of methoxy groups -OCH3 is 1. The van der Waals surface area contributed by atoms with Gasteiger partial charge in [-0.3, -0.25) is 0 Å². The summed E-state index contributed by atoms with van der Waals surface area (Å²) >= 11 is 0. The van der Waals surface area contributed by atoms with Gasteiger partial charge in [-0.15, -0.1) is 0 Å². The largest absolute Gasteiger partial charge is 0.383 e. The van der Waals surface area contributed by atoms with Crippen LogP contribution in [0.25, 0.3) is 0 Å². The van der Waals surface area contributed by atoms with Crippen molar-refractivity contribution in [2.24, 2.45) is 0 Å². The zero-order valence-corrected chi connectivity index (χ0v) is 13.5. The highest BCUT2D eigenvalue weighted by Crippen LogP contribution is 2.07. The first-order valence-corrected chi connectivity index (χ1v) is 8.52. The number of rotatable bonds is 11. The van der Waals surface area contributed by atoms with Crippen LogP contribution >= 0.6 is 0 Å². The smallest absolute Gasteiger partial charge is 0.279 e. The summed E-state index contributed by atoms with van der Waals surface area (Å²) in [7, 11) is -1.82. The fourth-order valence-corrected chi connectivity index (χ4v) is 3.01. The lowest BCUT2D eigenvalue weighted by Crippen LogP contribution is -2.42. The molecule has 0 bridgehead atoms. The number of benzene rings is 1. The molecule has 21 heavy (non-hydrogen) atoms. The van der Waals surface area contributed by atoms with Crippen molar-refractivity contribution in [3.8, 4) is 0 Å². The van der Waals surface area contributed by atoms with Crippen molar-refractivity contribution in [1.82, 2.24) is 14.3 Å². The molecule has 0 unspecified atom stereocenters. The van der Waals surface area contributed by atoms with Crippen LogP contribution in [-0.4, -0.2) is 52.6 Å². The minimum Gasteiger partial charge on any atom is -0.383 e. The molecule has 0 spiro atoms. The zero-order chi connectivity index (χ0) is 15.6. The van der Waals surface area contributed by atoms with Gasteiger partial charge in [0.05, 0.1) is 6.61 Å². The second-order valence-electron chi connectivity index (χ2n) is 4.55. The van der Waals surface area contributed by atoms with E-state index >= 15 is 0 Å². The van der Waals surface area contributed by atoms with Gasteiger partial charge in [0, 0.05) is 39.8 Å². The SMILES string of the molecule is CCN(Cc1ccccc1)S(=O)(=O)NCCNCCOC. The third-order valence-corrected chi connectivity index (χ3v) is 4.60. The van der Waals surface area contributed by atoms with Gasteiger partial charge in [0.15, 0.2) is 0 Å². The van der Waals surface area contributed by atoms with Crippen molar-refractivity contribution in [1.29, 1.82) is 0 Å². The number of nitrogens with zero attached hydrogens (tertiary/aromatic N) is 1. The maximum absolute atomic E-state index is 12.2. The van der Waals surface area contributed by atoms with Crippen molar-refractivity contribution in [3.63, 3.8) is 0 Å². The van der Waals surface area contributed by atoms with Gasteiger partial charge in [0.1, 0.15) is 0 Å². The van der Waals surface area contributed by atoms with Gasteiger partial charge >= 0.3 is 0 Å². The molecular formula is C14H25N3O3S. The Hall–Kier alpha value is -0.990. The van der Waals surface area contributed by atoms with Gasteiger partial charge in [-0.1, -0.05) is 37.3 Å². The predicted octanol–water partition coefficient (Wildman–Crippen LogP) is 0.579. The molecule has 2 N–H and O–H groups in total. The van der Waals surface area contributed by atoms with Crippen LogP contribution < -0.4 is 10.0 Å². The first-order valence-electron chi connectivity index (χ1n) is 7.08. The minimum absolute atomic E-state index is 0.358. The lowest BCUT2D eigenvalue weighted by molar-refractivity contribution is 0.199. The van der Waals surface area contributed by atoms with E-state index in [1.54, 1.807) is 7.11 Å². The fourth-order valence-electron chi connectivity index (χ4n) is 1.81. The summed E-state index contributed by atoms with van der Waals surface area (Å²) in [6.45, 7) is 4.90. The maximum Gasteiger partial charge on any atom is 0.279 e. The van der Waals surface area contributed by atoms with Crippen molar-refractivity contribution >= 4 is 10.2 Å². The van der Waals surface area contributed by atoms with Crippen molar-refractivity contribution in [3.05, 3.63) is 35.9 Å². The highest BCUT2D eigenvalue weighted by Gasteiger charge is 2.19. The molecule has 0 aliphatic rings. The number of hydrogen-bond donors (Lipinski definition) is 2. The third kappa shape index (κ3) is 7.01. The fraction of sp³-hybridized carbons (Fsp3) is 0.571. The van der Waals surface area contributed by atoms with E-state index in [0.29, 0.717) is 39.3 Å². The second-order valence-corrected chi connectivity index (χ2v) is 6.31. The van der Waals surface area contributed by atoms with Gasteiger partial charge in [0.25, 0.3) is 10.2 Å². The predicted molar refractivity (Wildman–Crippen MR) is 84.2 cm³/mol. The Morgan fingerprint density at radius 3 is 2.48 bits per heavy atom. The zero-order valence-electron chi connectivity index (χ0n) is 12.7. The summed E-state index contributed by atoms with van der Waals surface area (Å²) in [6.07, 6.45) is 0. The Labute approximate surface area is 127 Å². The molecule has 120 valence electrons. The van der Waals surface area contributed by atoms with Gasteiger partial charge in [0.2, 0.25) is 0 Å². The van der Waals surface area contributed by atoms with Crippen molar-refractivity contribution < 1.29 is 13.2 Å². The number of ether oxygens (including phenoxy) is 1. The van der Waals surface area contributed by atoms with Gasteiger partial charge in [-0.25, -0.2) is 4.72 Å². The number of nitrogens with one attached hydrogen (secondary N) is 2. The average Bonchev–Trinajstić information content (AvgIpc) is 2.49. The number of hydrogen-bond acceptors (Lipinski definition) is 4. The van der Waals surface area contributed by atoms with Crippen LogP contribution in [0.1, 0.15) is 12.5 Å². The highest BCUT2D eigenvalue weighted by atomic mass is 32.2. The lowest BCUT2D eigenvalue weighted by Gasteiger charge is -2.21. The van der Waals surface area contributed by atoms with Crippen LogP contribution in [0.5, 0.6) is 0 Å². The first kappa shape index (κ1) is 18.1. The van der Waals surface area contributed by atoms with Crippen LogP contribution in [-0.2, 0) is 21.5 Å². The van der Waals surface area contributed by atoms with Gasteiger partial charge in [-0.05, 0) is 5.56 Å². The quantitative estimate of drug-likeness (QED) is 0.586. The Morgan fingerprint density at radius 1 is 1.14 bits per heavy atom. The molecular weight excluding hydrogens is 290 g/mol. The Balaban J connectivity index is 2.43. The van der Waals surface area contributed by atoms with E-state index in [2.05, 4.69) is 10.0 Å². The topological polar surface area (TPSA) is 70.7 Å². The van der Waals surface area contributed by atoms with Crippen LogP contribution in [0, 0.1) is 0 Å². The molecule has 0 radical (unpaired) electrons. The summed E-state index contributed by atoms with van der Waals surface area (Å²) in [5.41, 5.74) is 0.975. The third-order valence-electron chi connectivity index (χ3n) is 2.96. The summed E-state index contributed by atoms with van der Waals surface area (Å²) in [4.78, 5) is 0. The van der Waals surface area contributed by atoms with Gasteiger partial charge < -0.3 is 10.1 Å². The monoisotopic (exact) mass is 315 g/mol. The molecule has 1 rings (SSSR count). The Bertz CT molecular complexity index is 479. The molecule has 0 saturated carbocycles. The van der Waals surface area contributed by atoms with E-state index in [4.69, 9.17) is 4.74 Å². The molecule has 0 aliphatic heterocycles. The molecule has 0 fully saturated rings. The molecule has 0 amide bonds. The van der Waals surface area contributed by atoms with E-state index in [1.165, 1.54) is 4.31 Å². The molecule has 0 aliphatic carbocycles.